The summed E-state index contributed by atoms with van der Waals surface area (Å²) in [6, 6.07) is 0. The first-order chi connectivity index (χ1) is 10.2. The van der Waals surface area contributed by atoms with Gasteiger partial charge in [0.1, 0.15) is 5.54 Å². The molecule has 1 aromatic heterocycles. The molecule has 1 unspecified atom stereocenters. The molecule has 0 aliphatic carbocycles. The molecule has 0 saturated carbocycles. The Morgan fingerprint density at radius 3 is 2.23 bits per heavy atom. The lowest BCUT2D eigenvalue weighted by molar-refractivity contribution is -0.147. The monoisotopic (exact) mass is 325 g/mol. The molecule has 1 amide bonds. The molecule has 1 heterocycles. The summed E-state index contributed by atoms with van der Waals surface area (Å²) < 4.78 is 0. The van der Waals surface area contributed by atoms with Crippen molar-refractivity contribution in [2.24, 2.45) is 0 Å². The van der Waals surface area contributed by atoms with Crippen molar-refractivity contribution >= 4 is 23.6 Å². The van der Waals surface area contributed by atoms with Crippen LogP contribution >= 0.6 is 11.8 Å². The van der Waals surface area contributed by atoms with Crippen LogP contribution in [0.1, 0.15) is 43.6 Å². The van der Waals surface area contributed by atoms with Crippen molar-refractivity contribution < 1.29 is 14.7 Å². The van der Waals surface area contributed by atoms with Gasteiger partial charge in [-0.1, -0.05) is 18.7 Å². The first kappa shape index (κ1) is 18.4. The summed E-state index contributed by atoms with van der Waals surface area (Å²) >= 11 is 1.48. The average Bonchev–Trinajstić information content (AvgIpc) is 2.45. The highest BCUT2D eigenvalue weighted by Gasteiger charge is 2.32. The van der Waals surface area contributed by atoms with E-state index in [0.717, 1.165) is 17.0 Å². The Morgan fingerprint density at radius 2 is 1.82 bits per heavy atom. The van der Waals surface area contributed by atoms with Crippen LogP contribution in [-0.4, -0.2) is 38.7 Å². The summed E-state index contributed by atoms with van der Waals surface area (Å²) in [5.41, 5.74) is 1.45. The maximum Gasteiger partial charge on any atom is 0.329 e. The number of rotatable bonds is 7. The van der Waals surface area contributed by atoms with Crippen LogP contribution < -0.4 is 5.32 Å². The largest absolute Gasteiger partial charge is 0.480 e. The number of aromatic nitrogens is 2. The number of nitrogens with one attached hydrogen (secondary N) is 1. The number of nitrogens with zero attached hydrogens (tertiary/aromatic N) is 2. The number of carboxylic acids is 1. The highest BCUT2D eigenvalue weighted by molar-refractivity contribution is 7.98. The first-order valence-corrected chi connectivity index (χ1v) is 8.38. The van der Waals surface area contributed by atoms with Crippen LogP contribution in [0.25, 0.3) is 0 Å². The summed E-state index contributed by atoms with van der Waals surface area (Å²) in [5, 5.41) is 12.5. The Balaban J connectivity index is 2.75. The van der Waals surface area contributed by atoms with Crippen LogP contribution in [0.15, 0.2) is 5.16 Å². The number of carboxylic acid groups (broad SMARTS) is 1. The van der Waals surface area contributed by atoms with Gasteiger partial charge in [-0.3, -0.25) is 4.79 Å². The molecule has 1 rings (SSSR count). The van der Waals surface area contributed by atoms with Gasteiger partial charge in [-0.15, -0.1) is 0 Å². The first-order valence-electron chi connectivity index (χ1n) is 7.16. The van der Waals surface area contributed by atoms with Gasteiger partial charge in [-0.25, -0.2) is 14.8 Å². The molecular weight excluding hydrogens is 302 g/mol. The number of carbonyl (C=O) groups is 2. The van der Waals surface area contributed by atoms with Crippen LogP contribution in [-0.2, 0) is 16.0 Å². The van der Waals surface area contributed by atoms with Crippen LogP contribution in [0.4, 0.5) is 0 Å². The fourth-order valence-corrected chi connectivity index (χ4v) is 2.52. The summed E-state index contributed by atoms with van der Waals surface area (Å²) in [4.78, 5) is 32.0. The summed E-state index contributed by atoms with van der Waals surface area (Å²) in [6.07, 6.45) is 2.96. The predicted molar refractivity (Wildman–Crippen MR) is 86.1 cm³/mol. The number of thioether (sulfide) groups is 1. The van der Waals surface area contributed by atoms with E-state index in [1.54, 1.807) is 6.92 Å². The van der Waals surface area contributed by atoms with E-state index in [0.29, 0.717) is 18.0 Å². The van der Waals surface area contributed by atoms with Crippen molar-refractivity contribution in [1.29, 1.82) is 0 Å². The van der Waals surface area contributed by atoms with Gasteiger partial charge in [-0.05, 0) is 45.4 Å². The summed E-state index contributed by atoms with van der Waals surface area (Å²) in [6.45, 7) is 7.04. The molecule has 1 aromatic rings. The zero-order valence-corrected chi connectivity index (χ0v) is 14.5. The van der Waals surface area contributed by atoms with E-state index in [1.165, 1.54) is 18.7 Å². The number of carbonyl (C=O) groups excluding carboxylic acids is 1. The normalized spacial score (nSPS) is 13.5. The molecule has 7 heteroatoms. The van der Waals surface area contributed by atoms with E-state index in [1.807, 2.05) is 20.1 Å². The molecule has 0 saturated heterocycles. The second-order valence-electron chi connectivity index (χ2n) is 5.40. The Bertz CT molecular complexity index is 554. The molecule has 0 radical (unpaired) electrons. The third-order valence-electron chi connectivity index (χ3n) is 3.78. The minimum atomic E-state index is -1.22. The second-order valence-corrected chi connectivity index (χ2v) is 6.17. The van der Waals surface area contributed by atoms with E-state index in [9.17, 15) is 14.7 Å². The van der Waals surface area contributed by atoms with Crippen molar-refractivity contribution in [3.63, 3.8) is 0 Å². The molecular formula is C15H23N3O3S. The number of amides is 1. The fourth-order valence-electron chi connectivity index (χ4n) is 2.06. The van der Waals surface area contributed by atoms with E-state index in [4.69, 9.17) is 0 Å². The highest BCUT2D eigenvalue weighted by Crippen LogP contribution is 2.17. The second kappa shape index (κ2) is 7.58. The van der Waals surface area contributed by atoms with Gasteiger partial charge in [0.15, 0.2) is 5.16 Å². The summed E-state index contributed by atoms with van der Waals surface area (Å²) in [5.74, 6) is -1.30. The summed E-state index contributed by atoms with van der Waals surface area (Å²) in [7, 11) is 0. The van der Waals surface area contributed by atoms with Crippen LogP contribution in [0.2, 0.25) is 0 Å². The van der Waals surface area contributed by atoms with Crippen molar-refractivity contribution in [1.82, 2.24) is 15.3 Å². The minimum absolute atomic E-state index is 0.215. The Labute approximate surface area is 135 Å². The molecule has 2 N–H and O–H groups in total. The van der Waals surface area contributed by atoms with Gasteiger partial charge in [0.25, 0.3) is 0 Å². The third kappa shape index (κ3) is 4.43. The number of hydrogen-bond donors (Lipinski definition) is 2. The Hall–Kier alpha value is -1.63. The molecule has 0 fully saturated rings. The molecule has 22 heavy (non-hydrogen) atoms. The molecule has 0 aliphatic rings. The van der Waals surface area contributed by atoms with Gasteiger partial charge >= 0.3 is 5.97 Å². The number of aryl methyl sites for hydroxylation is 2. The lowest BCUT2D eigenvalue weighted by Crippen LogP contribution is -2.51. The topological polar surface area (TPSA) is 92.2 Å². The molecule has 1 atom stereocenters. The van der Waals surface area contributed by atoms with Gasteiger partial charge in [-0.2, -0.15) is 0 Å². The Kier molecular flexibility index (Phi) is 6.34. The maximum atomic E-state index is 12.0. The minimum Gasteiger partial charge on any atom is -0.480 e. The Morgan fingerprint density at radius 1 is 1.27 bits per heavy atom. The fraction of sp³-hybridized carbons (Fsp3) is 0.600. The van der Waals surface area contributed by atoms with E-state index in [-0.39, 0.29) is 12.3 Å². The molecule has 0 aromatic carbocycles. The standard InChI is InChI=1S/C15H23N3O3S/c1-6-15(4,13(20)21)18-12(19)8-7-11-9(2)16-14(22-5)17-10(11)3/h6-8H2,1-5H3,(H,18,19)(H,20,21). The highest BCUT2D eigenvalue weighted by atomic mass is 32.2. The van der Waals surface area contributed by atoms with Crippen LogP contribution in [0, 0.1) is 13.8 Å². The SMILES string of the molecule is CCC(C)(NC(=O)CCc1c(C)nc(SC)nc1C)C(=O)O. The zero-order chi connectivity index (χ0) is 16.9. The van der Waals surface area contributed by atoms with Gasteiger partial charge in [0, 0.05) is 17.8 Å². The quantitative estimate of drug-likeness (QED) is 0.589. The average molecular weight is 325 g/mol. The number of aliphatic carboxylic acids is 1. The number of hydrogen-bond acceptors (Lipinski definition) is 5. The van der Waals surface area contributed by atoms with Crippen molar-refractivity contribution in [3.8, 4) is 0 Å². The molecule has 122 valence electrons. The maximum absolute atomic E-state index is 12.0. The third-order valence-corrected chi connectivity index (χ3v) is 4.33. The lowest BCUT2D eigenvalue weighted by atomic mass is 9.98. The molecule has 0 bridgehead atoms. The van der Waals surface area contributed by atoms with Gasteiger partial charge in [0.2, 0.25) is 5.91 Å². The van der Waals surface area contributed by atoms with Gasteiger partial charge < -0.3 is 10.4 Å². The van der Waals surface area contributed by atoms with E-state index >= 15 is 0 Å². The van der Waals surface area contributed by atoms with Crippen molar-refractivity contribution in [2.45, 2.75) is 57.7 Å². The smallest absolute Gasteiger partial charge is 0.329 e. The molecule has 6 nitrogen and oxygen atoms in total. The lowest BCUT2D eigenvalue weighted by Gasteiger charge is -2.24. The molecule has 0 spiro atoms. The van der Waals surface area contributed by atoms with Crippen LogP contribution in [0.5, 0.6) is 0 Å². The van der Waals surface area contributed by atoms with Crippen LogP contribution in [0.3, 0.4) is 0 Å². The van der Waals surface area contributed by atoms with Crippen molar-refractivity contribution in [3.05, 3.63) is 17.0 Å². The predicted octanol–water partition coefficient (Wildman–Crippen LogP) is 2.12. The van der Waals surface area contributed by atoms with E-state index < -0.39 is 11.5 Å². The molecule has 0 aliphatic heterocycles. The zero-order valence-electron chi connectivity index (χ0n) is 13.7. The van der Waals surface area contributed by atoms with E-state index in [2.05, 4.69) is 15.3 Å². The van der Waals surface area contributed by atoms with Crippen molar-refractivity contribution in [2.75, 3.05) is 6.26 Å². The van der Waals surface area contributed by atoms with Gasteiger partial charge in [0.05, 0.1) is 0 Å².